The average molecular weight is 344 g/mol. The Bertz CT molecular complexity index is 669. The normalized spacial score (nSPS) is 28.7. The average Bonchev–Trinajstić information content (AvgIpc) is 2.96. The van der Waals surface area contributed by atoms with Crippen LogP contribution in [0.5, 0.6) is 0 Å². The maximum absolute atomic E-state index is 12.7. The number of hydrazine groups is 1. The fourth-order valence-corrected chi connectivity index (χ4v) is 3.85. The zero-order valence-electron chi connectivity index (χ0n) is 15.6. The molecule has 1 saturated heterocycles. The van der Waals surface area contributed by atoms with Gasteiger partial charge in [-0.3, -0.25) is 10.7 Å². The van der Waals surface area contributed by atoms with Gasteiger partial charge in [0.15, 0.2) is 0 Å². The van der Waals surface area contributed by atoms with Crippen molar-refractivity contribution in [2.24, 2.45) is 5.92 Å². The lowest BCUT2D eigenvalue weighted by molar-refractivity contribution is -0.139. The fraction of sp³-hybridized carbons (Fsp3) is 0.526. The van der Waals surface area contributed by atoms with Crippen molar-refractivity contribution in [1.82, 2.24) is 16.2 Å². The maximum Gasteiger partial charge on any atom is 0.335 e. The van der Waals surface area contributed by atoms with Crippen LogP contribution >= 0.6 is 0 Å². The Morgan fingerprint density at radius 1 is 1.20 bits per heavy atom. The van der Waals surface area contributed by atoms with Gasteiger partial charge in [-0.2, -0.15) is 0 Å². The summed E-state index contributed by atoms with van der Waals surface area (Å²) in [5, 5.41) is 3.58. The fourth-order valence-electron chi connectivity index (χ4n) is 3.85. The molecule has 0 spiro atoms. The summed E-state index contributed by atoms with van der Waals surface area (Å²) >= 11 is 0. The van der Waals surface area contributed by atoms with Gasteiger partial charge in [-0.15, -0.1) is 0 Å². The molecule has 136 valence electrons. The van der Waals surface area contributed by atoms with Gasteiger partial charge in [0, 0.05) is 31.7 Å². The van der Waals surface area contributed by atoms with Crippen LogP contribution in [0.3, 0.4) is 0 Å². The van der Waals surface area contributed by atoms with Gasteiger partial charge in [0.25, 0.3) is 0 Å². The number of nitrogens with zero attached hydrogens (tertiary/aromatic N) is 1. The molecule has 25 heavy (non-hydrogen) atoms. The van der Waals surface area contributed by atoms with Crippen LogP contribution in [-0.2, 0) is 9.53 Å². The van der Waals surface area contributed by atoms with Crippen LogP contribution in [0.2, 0.25) is 0 Å². The molecule has 1 fully saturated rings. The molecule has 3 rings (SSSR count). The van der Waals surface area contributed by atoms with E-state index in [-0.39, 0.29) is 30.1 Å². The van der Waals surface area contributed by atoms with Gasteiger partial charge >= 0.3 is 5.97 Å². The molecular weight excluding hydrogens is 316 g/mol. The largest absolute Gasteiger partial charge is 0.463 e. The minimum Gasteiger partial charge on any atom is -0.463 e. The van der Waals surface area contributed by atoms with Crippen LogP contribution in [0, 0.1) is 5.92 Å². The Morgan fingerprint density at radius 2 is 1.88 bits per heavy atom. The first-order chi connectivity index (χ1) is 11.9. The summed E-state index contributed by atoms with van der Waals surface area (Å²) in [6, 6.07) is 8.36. The zero-order chi connectivity index (χ0) is 18.1. The lowest BCUT2D eigenvalue weighted by Crippen LogP contribution is -2.50. The van der Waals surface area contributed by atoms with Crippen molar-refractivity contribution in [3.8, 4) is 0 Å². The van der Waals surface area contributed by atoms with Gasteiger partial charge in [0.1, 0.15) is 0 Å². The first-order valence-corrected chi connectivity index (χ1v) is 8.86. The quantitative estimate of drug-likeness (QED) is 0.723. The summed E-state index contributed by atoms with van der Waals surface area (Å²) in [6.07, 6.45) is 0.0895. The molecule has 2 heterocycles. The third-order valence-electron chi connectivity index (χ3n) is 5.16. The summed E-state index contributed by atoms with van der Waals surface area (Å²) < 4.78 is 5.36. The predicted octanol–water partition coefficient (Wildman–Crippen LogP) is 1.72. The number of ether oxygens (including phenoxy) is 1. The van der Waals surface area contributed by atoms with Crippen molar-refractivity contribution >= 4 is 11.7 Å². The second-order valence-electron chi connectivity index (χ2n) is 6.98. The molecule has 1 aromatic carbocycles. The standard InChI is InChI=1S/C19H28N4O2/c1-6-25-19(24)16-11(2)15-12(3)21-22-18(15)20-17(16)13-7-9-14(10-8-13)23(4)5/h7-10,12,15,17-18,20-22H,6H2,1-5H3. The predicted molar refractivity (Wildman–Crippen MR) is 99.0 cm³/mol. The van der Waals surface area contributed by atoms with Gasteiger partial charge in [-0.25, -0.2) is 10.2 Å². The number of nitrogens with one attached hydrogen (secondary N) is 3. The summed E-state index contributed by atoms with van der Waals surface area (Å²) in [5.74, 6) is -0.0107. The molecule has 0 amide bonds. The van der Waals surface area contributed by atoms with Gasteiger partial charge in [0.05, 0.1) is 24.4 Å². The number of carbonyl (C=O) groups excluding carboxylic acids is 1. The SMILES string of the molecule is CCOC(=O)C1=C(C)C2C(C)NNC2NC1c1ccc(N(C)C)cc1. The van der Waals surface area contributed by atoms with Crippen LogP contribution in [0.15, 0.2) is 35.4 Å². The number of esters is 1. The van der Waals surface area contributed by atoms with E-state index in [1.807, 2.05) is 21.0 Å². The molecule has 0 bridgehead atoms. The molecule has 3 N–H and O–H groups in total. The number of fused-ring (bicyclic) bond motifs is 1. The highest BCUT2D eigenvalue weighted by atomic mass is 16.5. The van der Waals surface area contributed by atoms with E-state index < -0.39 is 0 Å². The van der Waals surface area contributed by atoms with E-state index in [0.717, 1.165) is 22.4 Å². The molecular formula is C19H28N4O2. The molecule has 6 heteroatoms. The van der Waals surface area contributed by atoms with Crippen LogP contribution in [0.4, 0.5) is 5.69 Å². The van der Waals surface area contributed by atoms with E-state index in [9.17, 15) is 4.79 Å². The second-order valence-corrected chi connectivity index (χ2v) is 6.98. The number of anilines is 1. The number of benzene rings is 1. The Kier molecular flexibility index (Phi) is 5.13. The highest BCUT2D eigenvalue weighted by Crippen LogP contribution is 2.38. The summed E-state index contributed by atoms with van der Waals surface area (Å²) in [4.78, 5) is 14.8. The molecule has 6 nitrogen and oxygen atoms in total. The summed E-state index contributed by atoms with van der Waals surface area (Å²) in [5.41, 5.74) is 10.6. The highest BCUT2D eigenvalue weighted by molar-refractivity contribution is 5.91. The molecule has 4 unspecified atom stereocenters. The number of rotatable bonds is 4. The Morgan fingerprint density at radius 3 is 2.48 bits per heavy atom. The molecule has 0 saturated carbocycles. The van der Waals surface area contributed by atoms with Crippen LogP contribution in [-0.4, -0.2) is 38.9 Å². The van der Waals surface area contributed by atoms with E-state index in [2.05, 4.69) is 59.2 Å². The number of carbonyl (C=O) groups is 1. The maximum atomic E-state index is 12.7. The van der Waals surface area contributed by atoms with Gasteiger partial charge in [-0.1, -0.05) is 17.7 Å². The minimum absolute atomic E-state index is 0.0895. The van der Waals surface area contributed by atoms with Gasteiger partial charge in [-0.05, 0) is 38.5 Å². The Labute approximate surface area is 149 Å². The van der Waals surface area contributed by atoms with Gasteiger partial charge < -0.3 is 9.64 Å². The first-order valence-electron chi connectivity index (χ1n) is 8.86. The third-order valence-corrected chi connectivity index (χ3v) is 5.16. The zero-order valence-corrected chi connectivity index (χ0v) is 15.6. The molecule has 2 aliphatic heterocycles. The van der Waals surface area contributed by atoms with Crippen molar-refractivity contribution in [2.75, 3.05) is 25.6 Å². The molecule has 1 aromatic rings. The van der Waals surface area contributed by atoms with Gasteiger partial charge in [0.2, 0.25) is 0 Å². The van der Waals surface area contributed by atoms with E-state index in [4.69, 9.17) is 4.74 Å². The van der Waals surface area contributed by atoms with Crippen LogP contribution in [0.1, 0.15) is 32.4 Å². The number of hydrogen-bond donors (Lipinski definition) is 3. The molecule has 4 atom stereocenters. The lowest BCUT2D eigenvalue weighted by Gasteiger charge is -2.36. The Hall–Kier alpha value is -1.89. The molecule has 0 radical (unpaired) electrons. The van der Waals surface area contributed by atoms with E-state index in [1.165, 1.54) is 0 Å². The van der Waals surface area contributed by atoms with Crippen molar-refractivity contribution in [3.63, 3.8) is 0 Å². The Balaban J connectivity index is 2.01. The first kappa shape index (κ1) is 17.9. The number of hydrogen-bond acceptors (Lipinski definition) is 6. The van der Waals surface area contributed by atoms with Crippen molar-refractivity contribution in [3.05, 3.63) is 41.0 Å². The monoisotopic (exact) mass is 344 g/mol. The summed E-state index contributed by atoms with van der Waals surface area (Å²) in [6.45, 7) is 6.39. The van der Waals surface area contributed by atoms with E-state index in [1.54, 1.807) is 0 Å². The highest BCUT2D eigenvalue weighted by Gasteiger charge is 2.43. The van der Waals surface area contributed by atoms with E-state index in [0.29, 0.717) is 6.61 Å². The molecule has 0 aliphatic carbocycles. The lowest BCUT2D eigenvalue weighted by atomic mass is 9.80. The summed E-state index contributed by atoms with van der Waals surface area (Å²) in [7, 11) is 4.03. The molecule has 2 aliphatic rings. The second kappa shape index (κ2) is 7.15. The van der Waals surface area contributed by atoms with Crippen molar-refractivity contribution < 1.29 is 9.53 Å². The van der Waals surface area contributed by atoms with Crippen molar-refractivity contribution in [2.45, 2.75) is 39.0 Å². The van der Waals surface area contributed by atoms with Crippen LogP contribution < -0.4 is 21.1 Å². The van der Waals surface area contributed by atoms with Crippen LogP contribution in [0.25, 0.3) is 0 Å². The smallest absolute Gasteiger partial charge is 0.335 e. The topological polar surface area (TPSA) is 65.6 Å². The molecule has 0 aromatic heterocycles. The van der Waals surface area contributed by atoms with Crippen molar-refractivity contribution in [1.29, 1.82) is 0 Å². The minimum atomic E-state index is -0.230. The van der Waals surface area contributed by atoms with E-state index >= 15 is 0 Å². The third kappa shape index (κ3) is 3.29.